The number of nitrogens with zero attached hydrogens (tertiary/aromatic N) is 1. The van der Waals surface area contributed by atoms with E-state index >= 15 is 0 Å². The van der Waals surface area contributed by atoms with Gasteiger partial charge in [0.15, 0.2) is 0 Å². The number of rotatable bonds is 5. The van der Waals surface area contributed by atoms with Crippen molar-refractivity contribution in [1.82, 2.24) is 0 Å². The van der Waals surface area contributed by atoms with E-state index < -0.39 is 4.92 Å². The van der Waals surface area contributed by atoms with E-state index in [9.17, 15) is 10.1 Å². The Bertz CT molecular complexity index is 387. The molecule has 0 aliphatic heterocycles. The van der Waals surface area contributed by atoms with E-state index in [0.29, 0.717) is 15.8 Å². The van der Waals surface area contributed by atoms with Crippen LogP contribution in [0.3, 0.4) is 0 Å². The lowest BCUT2D eigenvalue weighted by Gasteiger charge is -2.09. The largest absolute Gasteiger partial charge is 0.284 e. The Morgan fingerprint density at radius 2 is 2.25 bits per heavy atom. The number of hydrogen-bond donors (Lipinski definition) is 0. The molecule has 0 saturated heterocycles. The van der Waals surface area contributed by atoms with Crippen LogP contribution in [0.1, 0.15) is 13.3 Å². The van der Waals surface area contributed by atoms with Crippen LogP contribution in [0.5, 0.6) is 0 Å². The molecule has 0 radical (unpaired) electrons. The third-order valence-electron chi connectivity index (χ3n) is 1.96. The predicted molar refractivity (Wildman–Crippen MR) is 68.8 cm³/mol. The average Bonchev–Trinajstić information content (AvgIpc) is 2.20. The van der Waals surface area contributed by atoms with Gasteiger partial charge in [-0.05, 0) is 18.6 Å². The summed E-state index contributed by atoms with van der Waals surface area (Å²) >= 11 is 12.8. The van der Waals surface area contributed by atoms with Gasteiger partial charge in [-0.1, -0.05) is 18.5 Å². The number of halogens is 2. The van der Waals surface area contributed by atoms with Gasteiger partial charge in [0.05, 0.1) is 9.82 Å². The van der Waals surface area contributed by atoms with Crippen molar-refractivity contribution in [3.8, 4) is 0 Å². The van der Waals surface area contributed by atoms with Gasteiger partial charge < -0.3 is 0 Å². The van der Waals surface area contributed by atoms with Crippen LogP contribution in [0.2, 0.25) is 5.02 Å². The number of nitro groups is 1. The van der Waals surface area contributed by atoms with Gasteiger partial charge in [-0.25, -0.2) is 0 Å². The van der Waals surface area contributed by atoms with Crippen molar-refractivity contribution in [2.24, 2.45) is 0 Å². The Labute approximate surface area is 108 Å². The van der Waals surface area contributed by atoms with Gasteiger partial charge in [0.1, 0.15) is 0 Å². The summed E-state index contributed by atoms with van der Waals surface area (Å²) in [7, 11) is 0. The van der Waals surface area contributed by atoms with Gasteiger partial charge in [0.25, 0.3) is 5.69 Å². The Kier molecular flexibility index (Phi) is 5.38. The second-order valence-corrected chi connectivity index (χ2v) is 5.57. The standard InChI is InChI=1S/C10H11Cl2NO2S/c1-7(4-5-11)16-10-3-2-8(12)6-9(10)13(14)15/h2-3,6-7H,4-5H2,1H3. The first-order chi connectivity index (χ1) is 7.54. The van der Waals surface area contributed by atoms with Crippen LogP contribution >= 0.6 is 35.0 Å². The molecule has 3 nitrogen and oxygen atoms in total. The first-order valence-electron chi connectivity index (χ1n) is 4.71. The SMILES string of the molecule is CC(CCCl)Sc1ccc(Cl)cc1[N+](=O)[O-]. The molecular weight excluding hydrogens is 269 g/mol. The van der Waals surface area contributed by atoms with Crippen LogP contribution in [0.25, 0.3) is 0 Å². The monoisotopic (exact) mass is 279 g/mol. The van der Waals surface area contributed by atoms with Gasteiger partial charge in [-0.2, -0.15) is 0 Å². The van der Waals surface area contributed by atoms with E-state index in [1.165, 1.54) is 17.8 Å². The van der Waals surface area contributed by atoms with Crippen molar-refractivity contribution in [1.29, 1.82) is 0 Å². The van der Waals surface area contributed by atoms with Gasteiger partial charge in [0.2, 0.25) is 0 Å². The second kappa shape index (κ2) is 6.33. The molecule has 1 aromatic carbocycles. The highest BCUT2D eigenvalue weighted by Crippen LogP contribution is 2.34. The van der Waals surface area contributed by atoms with Crippen molar-refractivity contribution in [3.05, 3.63) is 33.3 Å². The minimum Gasteiger partial charge on any atom is -0.258 e. The minimum absolute atomic E-state index is 0.0546. The fourth-order valence-electron chi connectivity index (χ4n) is 1.16. The Morgan fingerprint density at radius 1 is 1.56 bits per heavy atom. The molecule has 1 rings (SSSR count). The molecule has 16 heavy (non-hydrogen) atoms. The van der Waals surface area contributed by atoms with Gasteiger partial charge in [0, 0.05) is 22.2 Å². The minimum atomic E-state index is -0.415. The van der Waals surface area contributed by atoms with E-state index in [0.717, 1.165) is 6.42 Å². The average molecular weight is 280 g/mol. The molecule has 6 heteroatoms. The number of hydrogen-bond acceptors (Lipinski definition) is 3. The third-order valence-corrected chi connectivity index (χ3v) is 3.65. The zero-order valence-corrected chi connectivity index (χ0v) is 11.0. The van der Waals surface area contributed by atoms with Crippen molar-refractivity contribution >= 4 is 40.7 Å². The molecule has 1 atom stereocenters. The highest BCUT2D eigenvalue weighted by atomic mass is 35.5. The van der Waals surface area contributed by atoms with Gasteiger partial charge in [-0.15, -0.1) is 23.4 Å². The van der Waals surface area contributed by atoms with Crippen LogP contribution in [-0.2, 0) is 0 Å². The number of benzene rings is 1. The normalized spacial score (nSPS) is 12.4. The quantitative estimate of drug-likeness (QED) is 0.348. The van der Waals surface area contributed by atoms with Crippen molar-refractivity contribution in [2.45, 2.75) is 23.5 Å². The van der Waals surface area contributed by atoms with E-state index in [-0.39, 0.29) is 10.9 Å². The molecule has 0 saturated carbocycles. The third kappa shape index (κ3) is 3.85. The molecule has 1 aromatic rings. The van der Waals surface area contributed by atoms with Crippen LogP contribution in [0.15, 0.2) is 23.1 Å². The molecule has 88 valence electrons. The molecule has 0 aliphatic rings. The molecule has 1 unspecified atom stereocenters. The van der Waals surface area contributed by atoms with Crippen molar-refractivity contribution in [2.75, 3.05) is 5.88 Å². The lowest BCUT2D eigenvalue weighted by molar-refractivity contribution is -0.387. The number of nitro benzene ring substituents is 1. The maximum absolute atomic E-state index is 10.8. The first-order valence-corrected chi connectivity index (χ1v) is 6.50. The van der Waals surface area contributed by atoms with Gasteiger partial charge >= 0.3 is 0 Å². The number of alkyl halides is 1. The summed E-state index contributed by atoms with van der Waals surface area (Å²) in [5.41, 5.74) is 0.0546. The maximum atomic E-state index is 10.8. The smallest absolute Gasteiger partial charge is 0.258 e. The fourth-order valence-corrected chi connectivity index (χ4v) is 2.86. The van der Waals surface area contributed by atoms with Crippen LogP contribution in [0.4, 0.5) is 5.69 Å². The summed E-state index contributed by atoms with van der Waals surface area (Å²) < 4.78 is 0. The maximum Gasteiger partial charge on any atom is 0.284 e. The van der Waals surface area contributed by atoms with Crippen molar-refractivity contribution in [3.63, 3.8) is 0 Å². The van der Waals surface area contributed by atoms with Crippen LogP contribution in [0, 0.1) is 10.1 Å². The molecular formula is C10H11Cl2NO2S. The second-order valence-electron chi connectivity index (χ2n) is 3.28. The molecule has 0 spiro atoms. The van der Waals surface area contributed by atoms with E-state index in [1.807, 2.05) is 6.92 Å². The Hall–Kier alpha value is -0.450. The lowest BCUT2D eigenvalue weighted by atomic mass is 10.3. The number of thioether (sulfide) groups is 1. The van der Waals surface area contributed by atoms with Crippen molar-refractivity contribution < 1.29 is 4.92 Å². The summed E-state index contributed by atoms with van der Waals surface area (Å²) in [4.78, 5) is 11.0. The molecule has 0 aromatic heterocycles. The predicted octanol–water partition coefficient (Wildman–Crippen LogP) is 4.36. The van der Waals surface area contributed by atoms with Crippen LogP contribution in [-0.4, -0.2) is 16.1 Å². The summed E-state index contributed by atoms with van der Waals surface area (Å²) in [5, 5.41) is 11.4. The summed E-state index contributed by atoms with van der Waals surface area (Å²) in [6.45, 7) is 1.99. The van der Waals surface area contributed by atoms with Gasteiger partial charge in [-0.3, -0.25) is 10.1 Å². The highest BCUT2D eigenvalue weighted by molar-refractivity contribution is 8.00. The molecule has 0 heterocycles. The van der Waals surface area contributed by atoms with Crippen LogP contribution < -0.4 is 0 Å². The van der Waals surface area contributed by atoms with E-state index in [4.69, 9.17) is 23.2 Å². The molecule has 0 bridgehead atoms. The first kappa shape index (κ1) is 13.6. The Morgan fingerprint density at radius 3 is 2.81 bits per heavy atom. The van der Waals surface area contributed by atoms with E-state index in [1.54, 1.807) is 12.1 Å². The zero-order chi connectivity index (χ0) is 12.1. The summed E-state index contributed by atoms with van der Waals surface area (Å²) in [5.74, 6) is 0.551. The molecule has 0 amide bonds. The molecule has 0 N–H and O–H groups in total. The fraction of sp³-hybridized carbons (Fsp3) is 0.400. The highest BCUT2D eigenvalue weighted by Gasteiger charge is 2.16. The Balaban J connectivity index is 2.90. The summed E-state index contributed by atoms with van der Waals surface area (Å²) in [6, 6.07) is 4.71. The zero-order valence-electron chi connectivity index (χ0n) is 8.65. The topological polar surface area (TPSA) is 43.1 Å². The summed E-state index contributed by atoms with van der Waals surface area (Å²) in [6.07, 6.45) is 0.812. The lowest BCUT2D eigenvalue weighted by Crippen LogP contribution is -1.98. The molecule has 0 aliphatic carbocycles. The van der Waals surface area contributed by atoms with E-state index in [2.05, 4.69) is 0 Å². The molecule has 0 fully saturated rings.